The molecule has 0 unspecified atom stereocenters. The summed E-state index contributed by atoms with van der Waals surface area (Å²) in [7, 11) is 0. The molecule has 2 aliphatic heterocycles. The van der Waals surface area contributed by atoms with Crippen LogP contribution in [-0.2, 0) is 9.59 Å². The van der Waals surface area contributed by atoms with Crippen LogP contribution in [0.15, 0.2) is 24.8 Å². The van der Waals surface area contributed by atoms with Crippen molar-refractivity contribution in [1.29, 1.82) is 0 Å². The molecule has 2 aliphatic rings. The highest BCUT2D eigenvalue weighted by Crippen LogP contribution is 2.25. The van der Waals surface area contributed by atoms with Gasteiger partial charge in [0.15, 0.2) is 0 Å². The highest BCUT2D eigenvalue weighted by molar-refractivity contribution is 6.31. The number of rotatable bonds is 5. The van der Waals surface area contributed by atoms with Crippen LogP contribution in [-0.4, -0.2) is 93.8 Å². The molecule has 0 spiro atoms. The van der Waals surface area contributed by atoms with Gasteiger partial charge >= 0.3 is 0 Å². The SMILES string of the molecule is C=CC(=O)N1CC(N2CCN(C(=O)CNc3cc(Cl)cc4n[nH]nc34)CC2)C1. The number of carbonyl (C=O) groups is 2. The average Bonchev–Trinajstić information content (AvgIpc) is 3.13. The maximum Gasteiger partial charge on any atom is 0.246 e. The van der Waals surface area contributed by atoms with Crippen molar-refractivity contribution < 1.29 is 9.59 Å². The molecular weight excluding hydrogens is 382 g/mol. The number of amides is 2. The summed E-state index contributed by atoms with van der Waals surface area (Å²) in [5, 5.41) is 14.4. The highest BCUT2D eigenvalue weighted by atomic mass is 35.5. The van der Waals surface area contributed by atoms with Crippen molar-refractivity contribution >= 4 is 40.1 Å². The number of nitrogens with zero attached hydrogens (tertiary/aromatic N) is 5. The molecule has 0 bridgehead atoms. The van der Waals surface area contributed by atoms with Gasteiger partial charge in [-0.05, 0) is 18.2 Å². The molecular formula is C18H22ClN7O2. The fourth-order valence-electron chi connectivity index (χ4n) is 3.67. The van der Waals surface area contributed by atoms with Crippen LogP contribution < -0.4 is 5.32 Å². The van der Waals surface area contributed by atoms with Gasteiger partial charge in [0.2, 0.25) is 11.8 Å². The second-order valence-electron chi connectivity index (χ2n) is 7.02. The molecule has 0 aliphatic carbocycles. The fourth-order valence-corrected chi connectivity index (χ4v) is 3.88. The Morgan fingerprint density at radius 1 is 1.21 bits per heavy atom. The van der Waals surface area contributed by atoms with Gasteiger partial charge in [-0.3, -0.25) is 14.5 Å². The molecule has 1 aromatic heterocycles. The summed E-state index contributed by atoms with van der Waals surface area (Å²) in [4.78, 5) is 30.1. The first kappa shape index (κ1) is 18.7. The number of aromatic nitrogens is 3. The van der Waals surface area contributed by atoms with Crippen LogP contribution >= 0.6 is 11.6 Å². The second kappa shape index (κ2) is 7.76. The number of likely N-dealkylation sites (tertiary alicyclic amines) is 1. The van der Waals surface area contributed by atoms with Gasteiger partial charge in [-0.25, -0.2) is 0 Å². The molecule has 0 radical (unpaired) electrons. The molecule has 1 aromatic carbocycles. The minimum Gasteiger partial charge on any atom is -0.374 e. The molecule has 2 aromatic rings. The van der Waals surface area contributed by atoms with Crippen LogP contribution in [0.4, 0.5) is 5.69 Å². The van der Waals surface area contributed by atoms with Crippen molar-refractivity contribution in [1.82, 2.24) is 30.1 Å². The Balaban J connectivity index is 1.26. The molecule has 9 nitrogen and oxygen atoms in total. The fraction of sp³-hybridized carbons (Fsp3) is 0.444. The summed E-state index contributed by atoms with van der Waals surface area (Å²) in [5.41, 5.74) is 2.00. The maximum absolute atomic E-state index is 12.6. The Labute approximate surface area is 167 Å². The normalized spacial score (nSPS) is 18.2. The molecule has 2 saturated heterocycles. The number of aromatic amines is 1. The van der Waals surface area contributed by atoms with Crippen LogP contribution in [0.1, 0.15) is 0 Å². The van der Waals surface area contributed by atoms with E-state index in [2.05, 4.69) is 32.2 Å². The largest absolute Gasteiger partial charge is 0.374 e. The van der Waals surface area contributed by atoms with E-state index in [9.17, 15) is 9.59 Å². The predicted octanol–water partition coefficient (Wildman–Crippen LogP) is 0.564. The summed E-state index contributed by atoms with van der Waals surface area (Å²) in [5.74, 6) is 0.0201. The van der Waals surface area contributed by atoms with E-state index in [4.69, 9.17) is 11.6 Å². The number of hydrogen-bond acceptors (Lipinski definition) is 6. The maximum atomic E-state index is 12.6. The van der Waals surface area contributed by atoms with Gasteiger partial charge in [0.1, 0.15) is 11.0 Å². The van der Waals surface area contributed by atoms with E-state index in [1.165, 1.54) is 6.08 Å². The van der Waals surface area contributed by atoms with Gasteiger partial charge in [-0.2, -0.15) is 15.4 Å². The van der Waals surface area contributed by atoms with Gasteiger partial charge in [0.05, 0.1) is 12.2 Å². The molecule has 28 heavy (non-hydrogen) atoms. The minimum atomic E-state index is -0.0154. The summed E-state index contributed by atoms with van der Waals surface area (Å²) in [6.45, 7) is 8.17. The third kappa shape index (κ3) is 3.67. The van der Waals surface area contributed by atoms with Gasteiger partial charge in [-0.15, -0.1) is 0 Å². The third-order valence-electron chi connectivity index (χ3n) is 5.35. The minimum absolute atomic E-state index is 0.0154. The van der Waals surface area contributed by atoms with Crippen molar-refractivity contribution in [3.63, 3.8) is 0 Å². The Morgan fingerprint density at radius 2 is 1.96 bits per heavy atom. The average molecular weight is 404 g/mol. The van der Waals surface area contributed by atoms with Crippen LogP contribution in [0.2, 0.25) is 5.02 Å². The zero-order valence-electron chi connectivity index (χ0n) is 15.4. The van der Waals surface area contributed by atoms with Gasteiger partial charge in [-0.1, -0.05) is 18.2 Å². The van der Waals surface area contributed by atoms with E-state index in [0.29, 0.717) is 40.9 Å². The Hall–Kier alpha value is -2.65. The lowest BCUT2D eigenvalue weighted by molar-refractivity contribution is -0.135. The standard InChI is InChI=1S/C18H22ClN7O2/c1-2-16(27)26-10-13(11-26)24-3-5-25(6-4-24)17(28)9-20-14-7-12(19)8-15-18(14)22-23-21-15/h2,7-8,13,20H,1,3-6,9-11H2,(H,21,22,23). The molecule has 4 rings (SSSR count). The summed E-state index contributed by atoms with van der Waals surface area (Å²) < 4.78 is 0. The van der Waals surface area contributed by atoms with Crippen molar-refractivity contribution in [2.75, 3.05) is 51.1 Å². The zero-order valence-corrected chi connectivity index (χ0v) is 16.2. The number of piperazine rings is 1. The number of fused-ring (bicyclic) bond motifs is 1. The Bertz CT molecular complexity index is 900. The first-order valence-electron chi connectivity index (χ1n) is 9.22. The highest BCUT2D eigenvalue weighted by Gasteiger charge is 2.35. The molecule has 3 heterocycles. The number of hydrogen-bond donors (Lipinski definition) is 2. The van der Waals surface area contributed by atoms with Crippen LogP contribution in [0.3, 0.4) is 0 Å². The molecule has 148 valence electrons. The van der Waals surface area contributed by atoms with Gasteiger partial charge in [0, 0.05) is 50.3 Å². The van der Waals surface area contributed by atoms with Crippen LogP contribution in [0, 0.1) is 0 Å². The lowest BCUT2D eigenvalue weighted by Crippen LogP contribution is -2.64. The molecule has 0 atom stereocenters. The van der Waals surface area contributed by atoms with Gasteiger partial charge in [0.25, 0.3) is 0 Å². The summed E-state index contributed by atoms with van der Waals surface area (Å²) in [6, 6.07) is 3.84. The molecule has 2 N–H and O–H groups in total. The number of benzene rings is 1. The number of halogens is 1. The van der Waals surface area contributed by atoms with Crippen molar-refractivity contribution in [2.24, 2.45) is 0 Å². The van der Waals surface area contributed by atoms with E-state index < -0.39 is 0 Å². The monoisotopic (exact) mass is 403 g/mol. The Morgan fingerprint density at radius 3 is 2.68 bits per heavy atom. The first-order chi connectivity index (χ1) is 13.5. The van der Waals surface area contributed by atoms with E-state index in [-0.39, 0.29) is 18.4 Å². The van der Waals surface area contributed by atoms with Crippen LogP contribution in [0.25, 0.3) is 11.0 Å². The molecule has 10 heteroatoms. The summed E-state index contributed by atoms with van der Waals surface area (Å²) >= 11 is 6.10. The second-order valence-corrected chi connectivity index (χ2v) is 7.45. The smallest absolute Gasteiger partial charge is 0.246 e. The van der Waals surface area contributed by atoms with Crippen molar-refractivity contribution in [2.45, 2.75) is 6.04 Å². The number of H-pyrrole nitrogens is 1. The number of nitrogens with one attached hydrogen (secondary N) is 2. The quantitative estimate of drug-likeness (QED) is 0.708. The lowest BCUT2D eigenvalue weighted by Gasteiger charge is -2.47. The van der Waals surface area contributed by atoms with E-state index in [0.717, 1.165) is 26.2 Å². The van der Waals surface area contributed by atoms with E-state index in [1.807, 2.05) is 4.90 Å². The topological polar surface area (TPSA) is 97.5 Å². The van der Waals surface area contributed by atoms with E-state index >= 15 is 0 Å². The first-order valence-corrected chi connectivity index (χ1v) is 9.60. The van der Waals surface area contributed by atoms with E-state index in [1.54, 1.807) is 17.0 Å². The molecule has 2 amide bonds. The van der Waals surface area contributed by atoms with Crippen molar-refractivity contribution in [3.8, 4) is 0 Å². The summed E-state index contributed by atoms with van der Waals surface area (Å²) in [6.07, 6.45) is 1.35. The number of carbonyl (C=O) groups excluding carboxylic acids is 2. The molecule has 2 fully saturated rings. The Kier molecular flexibility index (Phi) is 5.19. The van der Waals surface area contributed by atoms with Crippen LogP contribution in [0.5, 0.6) is 0 Å². The zero-order chi connectivity index (χ0) is 19.7. The molecule has 0 saturated carbocycles. The lowest BCUT2D eigenvalue weighted by atomic mass is 10.1. The third-order valence-corrected chi connectivity index (χ3v) is 5.57. The van der Waals surface area contributed by atoms with Crippen molar-refractivity contribution in [3.05, 3.63) is 29.8 Å². The van der Waals surface area contributed by atoms with Gasteiger partial charge < -0.3 is 15.1 Å². The predicted molar refractivity (Wildman–Crippen MR) is 106 cm³/mol. The number of anilines is 1.